The number of aromatic nitrogens is 1. The average Bonchev–Trinajstić information content (AvgIpc) is 3.02. The molecule has 0 fully saturated rings. The zero-order valence-electron chi connectivity index (χ0n) is 12.1. The maximum atomic E-state index is 12.8. The molecule has 114 valence electrons. The summed E-state index contributed by atoms with van der Waals surface area (Å²) in [6.07, 6.45) is 2.96. The van der Waals surface area contributed by atoms with Crippen LogP contribution in [0.3, 0.4) is 0 Å². The molecule has 0 unspecified atom stereocenters. The van der Waals surface area contributed by atoms with Crippen LogP contribution in [0.5, 0.6) is 0 Å². The van der Waals surface area contributed by atoms with E-state index in [0.717, 1.165) is 32.3 Å². The highest BCUT2D eigenvalue weighted by Gasteiger charge is 2.19. The van der Waals surface area contributed by atoms with Crippen molar-refractivity contribution in [1.82, 2.24) is 9.47 Å². The van der Waals surface area contributed by atoms with Crippen LogP contribution in [-0.2, 0) is 13.1 Å². The fraction of sp³-hybridized carbons (Fsp3) is 0.400. The molecule has 0 aromatic carbocycles. The molecule has 0 spiro atoms. The summed E-state index contributed by atoms with van der Waals surface area (Å²) in [5.41, 5.74) is 0.730. The highest BCUT2D eigenvalue weighted by molar-refractivity contribution is 9.10. The Morgan fingerprint density at radius 3 is 2.76 bits per heavy atom. The first kappa shape index (κ1) is 16.6. The first-order valence-electron chi connectivity index (χ1n) is 6.94. The van der Waals surface area contributed by atoms with Crippen molar-refractivity contribution in [3.8, 4) is 0 Å². The predicted molar refractivity (Wildman–Crippen MR) is 92.2 cm³/mol. The topological polar surface area (TPSA) is 25.2 Å². The Kier molecular flexibility index (Phi) is 5.90. The van der Waals surface area contributed by atoms with Crippen LogP contribution in [0.4, 0.5) is 0 Å². The number of aryl methyl sites for hydroxylation is 1. The van der Waals surface area contributed by atoms with Crippen molar-refractivity contribution >= 4 is 44.8 Å². The minimum absolute atomic E-state index is 0.0566. The summed E-state index contributed by atoms with van der Waals surface area (Å²) in [6.45, 7) is 6.21. The van der Waals surface area contributed by atoms with E-state index in [1.807, 2.05) is 40.8 Å². The third-order valence-corrected chi connectivity index (χ3v) is 4.84. The monoisotopic (exact) mass is 388 g/mol. The van der Waals surface area contributed by atoms with Crippen LogP contribution in [0.1, 0.15) is 35.6 Å². The molecule has 6 heteroatoms. The van der Waals surface area contributed by atoms with Crippen molar-refractivity contribution in [3.05, 3.63) is 43.8 Å². The first-order valence-corrected chi connectivity index (χ1v) is 8.93. The molecule has 21 heavy (non-hydrogen) atoms. The summed E-state index contributed by atoms with van der Waals surface area (Å²) in [5, 5.41) is 0. The predicted octanol–water partition coefficient (Wildman–Crippen LogP) is 5.04. The number of rotatable bonds is 6. The van der Waals surface area contributed by atoms with Gasteiger partial charge in [0.2, 0.25) is 0 Å². The summed E-state index contributed by atoms with van der Waals surface area (Å²) < 4.78 is 3.70. The van der Waals surface area contributed by atoms with Crippen LogP contribution in [0.25, 0.3) is 0 Å². The molecule has 3 nitrogen and oxygen atoms in total. The van der Waals surface area contributed by atoms with E-state index >= 15 is 0 Å². The molecule has 1 amide bonds. The second kappa shape index (κ2) is 7.47. The molecule has 0 saturated carbocycles. The van der Waals surface area contributed by atoms with E-state index < -0.39 is 0 Å². The lowest BCUT2D eigenvalue weighted by atomic mass is 10.3. The molecule has 2 aromatic rings. The number of hydrogen-bond donors (Lipinski definition) is 0. The zero-order valence-corrected chi connectivity index (χ0v) is 15.3. The normalized spacial score (nSPS) is 10.9. The lowest BCUT2D eigenvalue weighted by Gasteiger charge is -2.21. The Morgan fingerprint density at radius 2 is 2.19 bits per heavy atom. The van der Waals surface area contributed by atoms with Gasteiger partial charge in [-0.2, -0.15) is 0 Å². The van der Waals surface area contributed by atoms with Crippen molar-refractivity contribution in [2.24, 2.45) is 0 Å². The van der Waals surface area contributed by atoms with Gasteiger partial charge >= 0.3 is 0 Å². The molecule has 2 rings (SSSR count). The highest BCUT2D eigenvalue weighted by atomic mass is 79.9. The average molecular weight is 390 g/mol. The summed E-state index contributed by atoms with van der Waals surface area (Å²) in [6, 6.07) is 5.74. The minimum atomic E-state index is 0.0566. The van der Waals surface area contributed by atoms with Gasteiger partial charge in [0, 0.05) is 28.6 Å². The van der Waals surface area contributed by atoms with Gasteiger partial charge in [0.25, 0.3) is 5.91 Å². The molecular formula is C15H18BrClN2OS. The Hall–Kier alpha value is -0.780. The first-order chi connectivity index (χ1) is 10.0. The van der Waals surface area contributed by atoms with E-state index in [2.05, 4.69) is 22.9 Å². The molecule has 0 saturated heterocycles. The van der Waals surface area contributed by atoms with Crippen molar-refractivity contribution in [3.63, 3.8) is 0 Å². The number of carbonyl (C=O) groups is 1. The second-order valence-electron chi connectivity index (χ2n) is 4.76. The van der Waals surface area contributed by atoms with Gasteiger partial charge in [-0.05, 0) is 47.5 Å². The standard InChI is InChI=1S/C15H18BrClN2OS/c1-3-7-19-9-11(16)8-13(19)15(20)18(4-2)10-12-5-6-14(17)21-12/h5-6,8-9H,3-4,7,10H2,1-2H3. The number of hydrogen-bond acceptors (Lipinski definition) is 2. The summed E-state index contributed by atoms with van der Waals surface area (Å²) >= 11 is 10.9. The van der Waals surface area contributed by atoms with Gasteiger partial charge in [0.15, 0.2) is 0 Å². The van der Waals surface area contributed by atoms with Gasteiger partial charge in [-0.15, -0.1) is 11.3 Å². The molecule has 0 aliphatic heterocycles. The maximum Gasteiger partial charge on any atom is 0.270 e. The fourth-order valence-electron chi connectivity index (χ4n) is 2.19. The van der Waals surface area contributed by atoms with Gasteiger partial charge in [-0.3, -0.25) is 4.79 Å². The largest absolute Gasteiger partial charge is 0.342 e. The third-order valence-electron chi connectivity index (χ3n) is 3.19. The van der Waals surface area contributed by atoms with E-state index in [1.54, 1.807) is 0 Å². The SMILES string of the molecule is CCCn1cc(Br)cc1C(=O)N(CC)Cc1ccc(Cl)s1. The van der Waals surface area contributed by atoms with Crippen molar-refractivity contribution in [2.75, 3.05) is 6.54 Å². The Bertz CT molecular complexity index is 623. The zero-order chi connectivity index (χ0) is 15.4. The molecule has 0 radical (unpaired) electrons. The third kappa shape index (κ3) is 4.11. The molecule has 2 aromatic heterocycles. The highest BCUT2D eigenvalue weighted by Crippen LogP contribution is 2.24. The van der Waals surface area contributed by atoms with Gasteiger partial charge in [0.05, 0.1) is 10.9 Å². The molecule has 0 bridgehead atoms. The number of halogens is 2. The lowest BCUT2D eigenvalue weighted by molar-refractivity contribution is 0.0743. The summed E-state index contributed by atoms with van der Waals surface area (Å²) in [5.74, 6) is 0.0566. The molecule has 0 atom stereocenters. The van der Waals surface area contributed by atoms with Crippen molar-refractivity contribution in [2.45, 2.75) is 33.4 Å². The van der Waals surface area contributed by atoms with Crippen LogP contribution < -0.4 is 0 Å². The van der Waals surface area contributed by atoms with Crippen LogP contribution in [-0.4, -0.2) is 21.9 Å². The number of thiophene rings is 1. The Morgan fingerprint density at radius 1 is 1.43 bits per heavy atom. The van der Waals surface area contributed by atoms with E-state index in [4.69, 9.17) is 11.6 Å². The summed E-state index contributed by atoms with van der Waals surface area (Å²) in [7, 11) is 0. The van der Waals surface area contributed by atoms with Crippen LogP contribution in [0.15, 0.2) is 28.9 Å². The van der Waals surface area contributed by atoms with Crippen LogP contribution in [0.2, 0.25) is 4.34 Å². The maximum absolute atomic E-state index is 12.8. The quantitative estimate of drug-likeness (QED) is 0.679. The molecule has 0 aliphatic carbocycles. The van der Waals surface area contributed by atoms with Gasteiger partial charge in [-0.1, -0.05) is 18.5 Å². The van der Waals surface area contributed by atoms with E-state index in [-0.39, 0.29) is 5.91 Å². The fourth-order valence-corrected chi connectivity index (χ4v) is 3.76. The number of nitrogens with zero attached hydrogens (tertiary/aromatic N) is 2. The second-order valence-corrected chi connectivity index (χ2v) is 7.48. The Labute approximate surface area is 142 Å². The molecular weight excluding hydrogens is 372 g/mol. The molecule has 0 aliphatic rings. The van der Waals surface area contributed by atoms with Gasteiger partial charge < -0.3 is 9.47 Å². The van der Waals surface area contributed by atoms with Gasteiger partial charge in [-0.25, -0.2) is 0 Å². The van der Waals surface area contributed by atoms with Crippen LogP contribution in [0, 0.1) is 0 Å². The van der Waals surface area contributed by atoms with Crippen molar-refractivity contribution < 1.29 is 4.79 Å². The smallest absolute Gasteiger partial charge is 0.270 e. The van der Waals surface area contributed by atoms with E-state index in [9.17, 15) is 4.79 Å². The van der Waals surface area contributed by atoms with Crippen LogP contribution >= 0.6 is 38.9 Å². The lowest BCUT2D eigenvalue weighted by Crippen LogP contribution is -2.31. The van der Waals surface area contributed by atoms with Gasteiger partial charge in [0.1, 0.15) is 5.69 Å². The molecule has 2 heterocycles. The van der Waals surface area contributed by atoms with E-state index in [1.165, 1.54) is 11.3 Å². The number of carbonyl (C=O) groups excluding carboxylic acids is 1. The minimum Gasteiger partial charge on any atom is -0.342 e. The number of amides is 1. The molecule has 0 N–H and O–H groups in total. The Balaban J connectivity index is 2.19. The summed E-state index contributed by atoms with van der Waals surface area (Å²) in [4.78, 5) is 15.7. The van der Waals surface area contributed by atoms with E-state index in [0.29, 0.717) is 13.1 Å². The van der Waals surface area contributed by atoms with Crippen molar-refractivity contribution in [1.29, 1.82) is 0 Å².